The van der Waals surface area contributed by atoms with E-state index in [1.165, 1.54) is 0 Å². The molecule has 0 spiro atoms. The summed E-state index contributed by atoms with van der Waals surface area (Å²) in [5, 5.41) is 13.2. The van der Waals surface area contributed by atoms with Crippen molar-refractivity contribution in [3.63, 3.8) is 0 Å². The van der Waals surface area contributed by atoms with E-state index in [2.05, 4.69) is 31.1 Å². The third-order valence-electron chi connectivity index (χ3n) is 2.12. The molecule has 0 atom stereocenters. The van der Waals surface area contributed by atoms with Gasteiger partial charge in [-0.1, -0.05) is 5.16 Å². The lowest BCUT2D eigenvalue weighted by molar-refractivity contribution is 0.393. The molecule has 2 aromatic heterocycles. The SMILES string of the molecule is Cc1noc(C)c1-c1nc(O)c(Br)c(=O)[nH]1. The number of aromatic nitrogens is 3. The molecule has 0 saturated carbocycles. The van der Waals surface area contributed by atoms with E-state index in [1.807, 2.05) is 0 Å². The molecule has 16 heavy (non-hydrogen) atoms. The Labute approximate surface area is 98.4 Å². The minimum atomic E-state index is -0.456. The Morgan fingerprint density at radius 3 is 2.62 bits per heavy atom. The predicted octanol–water partition coefficient (Wildman–Crippen LogP) is 1.51. The minimum Gasteiger partial charge on any atom is -0.492 e. The molecule has 0 bridgehead atoms. The number of H-pyrrole nitrogens is 1. The van der Waals surface area contributed by atoms with Crippen molar-refractivity contribution >= 4 is 15.9 Å². The van der Waals surface area contributed by atoms with Crippen molar-refractivity contribution in [3.8, 4) is 17.3 Å². The Kier molecular flexibility index (Phi) is 2.55. The van der Waals surface area contributed by atoms with Crippen LogP contribution in [0.3, 0.4) is 0 Å². The minimum absolute atomic E-state index is 0.00279. The molecular formula is C9H8BrN3O3. The van der Waals surface area contributed by atoms with Crippen LogP contribution in [0.5, 0.6) is 5.88 Å². The lowest BCUT2D eigenvalue weighted by Crippen LogP contribution is -2.10. The van der Waals surface area contributed by atoms with Gasteiger partial charge in [0.1, 0.15) is 16.1 Å². The van der Waals surface area contributed by atoms with Gasteiger partial charge in [-0.3, -0.25) is 4.79 Å². The van der Waals surface area contributed by atoms with Gasteiger partial charge in [-0.15, -0.1) is 0 Å². The number of halogens is 1. The fourth-order valence-electron chi connectivity index (χ4n) is 1.39. The predicted molar refractivity (Wildman–Crippen MR) is 59.2 cm³/mol. The molecule has 0 radical (unpaired) electrons. The highest BCUT2D eigenvalue weighted by atomic mass is 79.9. The first-order valence-electron chi connectivity index (χ1n) is 4.42. The molecule has 0 saturated heterocycles. The molecular weight excluding hydrogens is 278 g/mol. The number of aromatic hydroxyl groups is 1. The molecule has 84 valence electrons. The van der Waals surface area contributed by atoms with E-state index >= 15 is 0 Å². The Morgan fingerprint density at radius 1 is 1.44 bits per heavy atom. The molecule has 0 amide bonds. The maximum atomic E-state index is 11.4. The number of hydrogen-bond donors (Lipinski definition) is 2. The Morgan fingerprint density at radius 2 is 2.12 bits per heavy atom. The van der Waals surface area contributed by atoms with Gasteiger partial charge in [0.05, 0.1) is 11.3 Å². The molecule has 0 aliphatic carbocycles. The summed E-state index contributed by atoms with van der Waals surface area (Å²) in [6, 6.07) is 0. The highest BCUT2D eigenvalue weighted by Crippen LogP contribution is 2.25. The number of aryl methyl sites for hydroxylation is 2. The average molecular weight is 286 g/mol. The summed E-state index contributed by atoms with van der Waals surface area (Å²) < 4.78 is 4.96. The number of nitrogens with zero attached hydrogens (tertiary/aromatic N) is 2. The van der Waals surface area contributed by atoms with Crippen molar-refractivity contribution in [1.29, 1.82) is 0 Å². The molecule has 2 rings (SSSR count). The second-order valence-electron chi connectivity index (χ2n) is 3.25. The average Bonchev–Trinajstić information content (AvgIpc) is 2.54. The van der Waals surface area contributed by atoms with Gasteiger partial charge in [0.25, 0.3) is 5.56 Å². The first-order chi connectivity index (χ1) is 7.50. The largest absolute Gasteiger partial charge is 0.492 e. The zero-order valence-corrected chi connectivity index (χ0v) is 10.1. The fourth-order valence-corrected chi connectivity index (χ4v) is 1.57. The normalized spacial score (nSPS) is 10.7. The van der Waals surface area contributed by atoms with Gasteiger partial charge in [0, 0.05) is 0 Å². The Hall–Kier alpha value is -1.63. The zero-order chi connectivity index (χ0) is 11.9. The van der Waals surface area contributed by atoms with Gasteiger partial charge in [-0.05, 0) is 29.8 Å². The Bertz CT molecular complexity index is 583. The van der Waals surface area contributed by atoms with Crippen LogP contribution < -0.4 is 5.56 Å². The molecule has 0 aromatic carbocycles. The standard InChI is InChI=1S/C9H8BrN3O3/c1-3-5(4(2)16-13-3)7-11-8(14)6(10)9(15)12-7/h1-2H3,(H2,11,12,14,15). The van der Waals surface area contributed by atoms with Crippen LogP contribution in [0, 0.1) is 13.8 Å². The van der Waals surface area contributed by atoms with E-state index in [0.717, 1.165) is 0 Å². The highest BCUT2D eigenvalue weighted by molar-refractivity contribution is 9.10. The quantitative estimate of drug-likeness (QED) is 0.829. The van der Waals surface area contributed by atoms with Crippen LogP contribution in [-0.2, 0) is 0 Å². The molecule has 0 aliphatic rings. The summed E-state index contributed by atoms with van der Waals surface area (Å²) in [6.07, 6.45) is 0. The van der Waals surface area contributed by atoms with Gasteiger partial charge in [0.2, 0.25) is 5.88 Å². The summed E-state index contributed by atoms with van der Waals surface area (Å²) in [7, 11) is 0. The van der Waals surface area contributed by atoms with Gasteiger partial charge < -0.3 is 14.6 Å². The van der Waals surface area contributed by atoms with E-state index in [1.54, 1.807) is 13.8 Å². The van der Waals surface area contributed by atoms with Crippen molar-refractivity contribution in [2.45, 2.75) is 13.8 Å². The van der Waals surface area contributed by atoms with Crippen molar-refractivity contribution in [1.82, 2.24) is 15.1 Å². The van der Waals surface area contributed by atoms with Crippen LogP contribution in [0.2, 0.25) is 0 Å². The molecule has 0 aliphatic heterocycles. The fraction of sp³-hybridized carbons (Fsp3) is 0.222. The summed E-state index contributed by atoms with van der Waals surface area (Å²) in [5.41, 5.74) is 0.727. The molecule has 0 unspecified atom stereocenters. The van der Waals surface area contributed by atoms with Crippen LogP contribution >= 0.6 is 15.9 Å². The lowest BCUT2D eigenvalue weighted by atomic mass is 10.2. The van der Waals surface area contributed by atoms with Crippen molar-refractivity contribution in [3.05, 3.63) is 26.3 Å². The van der Waals surface area contributed by atoms with Crippen molar-refractivity contribution < 1.29 is 9.63 Å². The van der Waals surface area contributed by atoms with E-state index in [-0.39, 0.29) is 16.2 Å². The molecule has 0 fully saturated rings. The summed E-state index contributed by atoms with van der Waals surface area (Å²) >= 11 is 2.92. The maximum Gasteiger partial charge on any atom is 0.269 e. The first-order valence-corrected chi connectivity index (χ1v) is 5.22. The number of nitrogens with one attached hydrogen (secondary N) is 1. The zero-order valence-electron chi connectivity index (χ0n) is 8.54. The van der Waals surface area contributed by atoms with Crippen LogP contribution in [0.4, 0.5) is 0 Å². The summed E-state index contributed by atoms with van der Waals surface area (Å²) in [5.74, 6) is 0.406. The molecule has 2 heterocycles. The van der Waals surface area contributed by atoms with Gasteiger partial charge >= 0.3 is 0 Å². The third-order valence-corrected chi connectivity index (χ3v) is 2.83. The van der Waals surface area contributed by atoms with Crippen molar-refractivity contribution in [2.24, 2.45) is 0 Å². The monoisotopic (exact) mass is 285 g/mol. The van der Waals surface area contributed by atoms with E-state index in [4.69, 9.17) is 4.52 Å². The first kappa shape index (κ1) is 10.9. The highest BCUT2D eigenvalue weighted by Gasteiger charge is 2.16. The number of rotatable bonds is 1. The van der Waals surface area contributed by atoms with Crippen LogP contribution in [0.25, 0.3) is 11.4 Å². The van der Waals surface area contributed by atoms with Crippen LogP contribution in [0.1, 0.15) is 11.5 Å². The van der Waals surface area contributed by atoms with Crippen LogP contribution in [0.15, 0.2) is 13.8 Å². The molecule has 2 aromatic rings. The summed E-state index contributed by atoms with van der Waals surface area (Å²) in [4.78, 5) is 17.8. The van der Waals surface area contributed by atoms with Gasteiger partial charge in [0.15, 0.2) is 0 Å². The van der Waals surface area contributed by atoms with E-state index in [9.17, 15) is 9.90 Å². The second kappa shape index (κ2) is 3.75. The molecule has 6 nitrogen and oxygen atoms in total. The number of hydrogen-bond acceptors (Lipinski definition) is 5. The smallest absolute Gasteiger partial charge is 0.269 e. The number of aromatic amines is 1. The van der Waals surface area contributed by atoms with E-state index < -0.39 is 5.56 Å². The Balaban J connectivity index is 2.71. The van der Waals surface area contributed by atoms with Crippen LogP contribution in [-0.4, -0.2) is 20.2 Å². The molecule has 2 N–H and O–H groups in total. The third kappa shape index (κ3) is 1.63. The van der Waals surface area contributed by atoms with Crippen molar-refractivity contribution in [2.75, 3.05) is 0 Å². The maximum absolute atomic E-state index is 11.4. The molecule has 7 heteroatoms. The van der Waals surface area contributed by atoms with Gasteiger partial charge in [-0.2, -0.15) is 4.98 Å². The summed E-state index contributed by atoms with van der Waals surface area (Å²) in [6.45, 7) is 3.43. The van der Waals surface area contributed by atoms with E-state index in [0.29, 0.717) is 17.0 Å². The lowest BCUT2D eigenvalue weighted by Gasteiger charge is -2.01. The van der Waals surface area contributed by atoms with Gasteiger partial charge in [-0.25, -0.2) is 0 Å². The second-order valence-corrected chi connectivity index (χ2v) is 4.04. The topological polar surface area (TPSA) is 92.0 Å².